The third kappa shape index (κ3) is 3.35. The van der Waals surface area contributed by atoms with Crippen molar-refractivity contribution in [2.75, 3.05) is 13.1 Å². The third-order valence-corrected chi connectivity index (χ3v) is 4.64. The predicted molar refractivity (Wildman–Crippen MR) is 91.8 cm³/mol. The van der Waals surface area contributed by atoms with Crippen LogP contribution in [0.4, 0.5) is 13.2 Å². The van der Waals surface area contributed by atoms with Crippen LogP contribution in [-0.2, 0) is 5.67 Å². The number of benzene rings is 1. The number of likely N-dealkylation sites (tertiary alicyclic amines) is 1. The highest BCUT2D eigenvalue weighted by Gasteiger charge is 2.44. The Morgan fingerprint density at radius 3 is 2.71 bits per heavy atom. The minimum atomic E-state index is -2.05. The smallest absolute Gasteiger partial charge is 0.266 e. The fraction of sp³-hybridized carbons (Fsp3) is 0.263. The van der Waals surface area contributed by atoms with Crippen LogP contribution >= 0.6 is 0 Å². The van der Waals surface area contributed by atoms with Crippen LogP contribution in [0.2, 0.25) is 0 Å². The lowest BCUT2D eigenvalue weighted by Crippen LogP contribution is -2.46. The first-order valence-electron chi connectivity index (χ1n) is 8.64. The van der Waals surface area contributed by atoms with Gasteiger partial charge in [0.05, 0.1) is 12.1 Å². The zero-order chi connectivity index (χ0) is 19.7. The molecule has 1 aliphatic rings. The predicted octanol–water partition coefficient (Wildman–Crippen LogP) is 3.51. The summed E-state index contributed by atoms with van der Waals surface area (Å²) < 4.78 is 47.7. The zero-order valence-corrected chi connectivity index (χ0v) is 14.6. The Kier molecular flexibility index (Phi) is 4.58. The number of hydrogen-bond donors (Lipinski definition) is 0. The van der Waals surface area contributed by atoms with Crippen molar-refractivity contribution in [2.45, 2.75) is 18.5 Å². The summed E-state index contributed by atoms with van der Waals surface area (Å²) in [5.74, 6) is -2.52. The minimum absolute atomic E-state index is 0.0840. The van der Waals surface area contributed by atoms with Gasteiger partial charge in [-0.15, -0.1) is 0 Å². The van der Waals surface area contributed by atoms with Gasteiger partial charge in [0.25, 0.3) is 11.8 Å². The van der Waals surface area contributed by atoms with E-state index in [1.165, 1.54) is 4.90 Å². The maximum Gasteiger partial charge on any atom is 0.266 e. The number of aromatic nitrogens is 3. The number of hydrogen-bond acceptors (Lipinski definition) is 5. The van der Waals surface area contributed by atoms with Gasteiger partial charge in [0.15, 0.2) is 0 Å². The van der Waals surface area contributed by atoms with E-state index < -0.39 is 23.2 Å². The average Bonchev–Trinajstić information content (AvgIpc) is 3.19. The first-order chi connectivity index (χ1) is 13.5. The normalized spacial score (nSPS) is 19.6. The van der Waals surface area contributed by atoms with Crippen molar-refractivity contribution in [3.63, 3.8) is 0 Å². The molecule has 3 heterocycles. The summed E-state index contributed by atoms with van der Waals surface area (Å²) in [5.41, 5.74) is -1.75. The van der Waals surface area contributed by atoms with E-state index >= 15 is 4.39 Å². The van der Waals surface area contributed by atoms with Crippen molar-refractivity contribution in [1.82, 2.24) is 20.0 Å². The first kappa shape index (κ1) is 18.1. The number of pyridine rings is 1. The molecule has 0 saturated carbocycles. The summed E-state index contributed by atoms with van der Waals surface area (Å²) in [5, 5.41) is 3.80. The number of halogens is 3. The van der Waals surface area contributed by atoms with Crippen molar-refractivity contribution < 1.29 is 22.5 Å². The molecule has 1 aromatic carbocycles. The molecular formula is C19H15F3N4O2. The second-order valence-corrected chi connectivity index (χ2v) is 6.58. The molecule has 1 atom stereocenters. The van der Waals surface area contributed by atoms with Crippen molar-refractivity contribution in [3.8, 4) is 11.4 Å². The first-order valence-corrected chi connectivity index (χ1v) is 8.64. The Morgan fingerprint density at radius 2 is 1.96 bits per heavy atom. The second kappa shape index (κ2) is 7.06. The molecule has 9 heteroatoms. The Hall–Kier alpha value is -3.23. The fourth-order valence-electron chi connectivity index (χ4n) is 3.22. The molecule has 6 nitrogen and oxygen atoms in total. The number of amides is 1. The Morgan fingerprint density at radius 1 is 1.18 bits per heavy atom. The van der Waals surface area contributed by atoms with Crippen LogP contribution in [0.25, 0.3) is 11.4 Å². The van der Waals surface area contributed by atoms with E-state index in [2.05, 4.69) is 15.1 Å². The largest absolute Gasteiger partial charge is 0.335 e. The molecule has 1 fully saturated rings. The van der Waals surface area contributed by atoms with Crippen LogP contribution in [0.15, 0.2) is 47.2 Å². The van der Waals surface area contributed by atoms with Crippen LogP contribution < -0.4 is 0 Å². The monoisotopic (exact) mass is 388 g/mol. The van der Waals surface area contributed by atoms with E-state index in [9.17, 15) is 13.6 Å². The highest BCUT2D eigenvalue weighted by Crippen LogP contribution is 2.36. The van der Waals surface area contributed by atoms with Gasteiger partial charge >= 0.3 is 0 Å². The summed E-state index contributed by atoms with van der Waals surface area (Å²) in [6.45, 7) is -0.118. The summed E-state index contributed by atoms with van der Waals surface area (Å²) in [4.78, 5) is 21.8. The van der Waals surface area contributed by atoms with E-state index in [1.807, 2.05) is 0 Å². The van der Waals surface area contributed by atoms with E-state index in [0.29, 0.717) is 18.1 Å². The SMILES string of the molecule is O=C(c1ccc(F)cc1F)N1CCCC(F)(c2nc(-c3ccncc3)no2)C1. The zero-order valence-electron chi connectivity index (χ0n) is 14.6. The molecule has 1 unspecified atom stereocenters. The van der Waals surface area contributed by atoms with Gasteiger partial charge in [-0.25, -0.2) is 13.2 Å². The third-order valence-electron chi connectivity index (χ3n) is 4.64. The topological polar surface area (TPSA) is 72.1 Å². The second-order valence-electron chi connectivity index (χ2n) is 6.58. The van der Waals surface area contributed by atoms with Crippen LogP contribution in [-0.4, -0.2) is 39.0 Å². The molecule has 28 heavy (non-hydrogen) atoms. The highest BCUT2D eigenvalue weighted by atomic mass is 19.1. The number of nitrogens with zero attached hydrogens (tertiary/aromatic N) is 4. The number of rotatable bonds is 3. The molecule has 0 radical (unpaired) electrons. The van der Waals surface area contributed by atoms with E-state index in [-0.39, 0.29) is 36.8 Å². The molecular weight excluding hydrogens is 373 g/mol. The highest BCUT2D eigenvalue weighted by molar-refractivity contribution is 5.94. The average molecular weight is 388 g/mol. The van der Waals surface area contributed by atoms with Gasteiger partial charge < -0.3 is 9.42 Å². The Balaban J connectivity index is 1.57. The quantitative estimate of drug-likeness (QED) is 0.687. The number of piperidine rings is 1. The summed E-state index contributed by atoms with van der Waals surface area (Å²) in [6.07, 6.45) is 3.52. The van der Waals surface area contributed by atoms with Crippen LogP contribution in [0.5, 0.6) is 0 Å². The van der Waals surface area contributed by atoms with Gasteiger partial charge in [0.1, 0.15) is 11.6 Å². The molecule has 2 aromatic heterocycles. The number of carbonyl (C=O) groups is 1. The summed E-state index contributed by atoms with van der Waals surface area (Å²) in [6, 6.07) is 5.98. The molecule has 144 valence electrons. The maximum absolute atomic E-state index is 15.6. The van der Waals surface area contributed by atoms with Crippen LogP contribution in [0, 0.1) is 11.6 Å². The van der Waals surface area contributed by atoms with E-state index in [1.54, 1.807) is 24.5 Å². The molecule has 1 saturated heterocycles. The minimum Gasteiger partial charge on any atom is -0.335 e. The van der Waals surface area contributed by atoms with Crippen LogP contribution in [0.1, 0.15) is 29.1 Å². The van der Waals surface area contributed by atoms with Crippen molar-refractivity contribution in [3.05, 3.63) is 65.8 Å². The molecule has 3 aromatic rings. The van der Waals surface area contributed by atoms with Gasteiger partial charge in [0.2, 0.25) is 11.5 Å². The summed E-state index contributed by atoms with van der Waals surface area (Å²) in [7, 11) is 0. The van der Waals surface area contributed by atoms with Crippen molar-refractivity contribution >= 4 is 5.91 Å². The van der Waals surface area contributed by atoms with Gasteiger partial charge in [0, 0.05) is 30.6 Å². The molecule has 0 spiro atoms. The standard InChI is InChI=1S/C19H15F3N4O2/c20-13-2-3-14(15(21)10-13)17(27)26-9-1-6-19(22,11-26)18-24-16(25-28-18)12-4-7-23-8-5-12/h2-5,7-8,10H,1,6,9,11H2. The van der Waals surface area contributed by atoms with Gasteiger partial charge in [-0.05, 0) is 37.1 Å². The lowest BCUT2D eigenvalue weighted by atomic mass is 9.94. The van der Waals surface area contributed by atoms with Crippen molar-refractivity contribution in [2.24, 2.45) is 0 Å². The van der Waals surface area contributed by atoms with E-state index in [4.69, 9.17) is 4.52 Å². The van der Waals surface area contributed by atoms with Crippen molar-refractivity contribution in [1.29, 1.82) is 0 Å². The lowest BCUT2D eigenvalue weighted by Gasteiger charge is -2.35. The van der Waals surface area contributed by atoms with Crippen LogP contribution in [0.3, 0.4) is 0 Å². The summed E-state index contributed by atoms with van der Waals surface area (Å²) >= 11 is 0. The van der Waals surface area contributed by atoms with Gasteiger partial charge in [-0.3, -0.25) is 9.78 Å². The molecule has 1 aliphatic heterocycles. The van der Waals surface area contributed by atoms with Gasteiger partial charge in [-0.2, -0.15) is 4.98 Å². The number of carbonyl (C=O) groups excluding carboxylic acids is 1. The lowest BCUT2D eigenvalue weighted by molar-refractivity contribution is 0.0150. The maximum atomic E-state index is 15.6. The fourth-order valence-corrected chi connectivity index (χ4v) is 3.22. The molecule has 4 rings (SSSR count). The van der Waals surface area contributed by atoms with E-state index in [0.717, 1.165) is 12.1 Å². The van der Waals surface area contributed by atoms with Gasteiger partial charge in [-0.1, -0.05) is 5.16 Å². The molecule has 0 aliphatic carbocycles. The molecule has 0 N–H and O–H groups in total. The number of alkyl halides is 1. The molecule has 1 amide bonds. The molecule has 0 bridgehead atoms. The Labute approximate surface area is 158 Å². The Bertz CT molecular complexity index is 1010.